The molecule has 1 N–H and O–H groups in total. The van der Waals surface area contributed by atoms with E-state index in [4.69, 9.17) is 11.6 Å². The summed E-state index contributed by atoms with van der Waals surface area (Å²) in [7, 11) is 0. The van der Waals surface area contributed by atoms with Crippen LogP contribution in [0.4, 0.5) is 5.95 Å². The zero-order valence-electron chi connectivity index (χ0n) is 10.5. The summed E-state index contributed by atoms with van der Waals surface area (Å²) in [6.07, 6.45) is 3.41. The molecule has 1 atom stereocenters. The first kappa shape index (κ1) is 12.8. The molecule has 0 aliphatic heterocycles. The van der Waals surface area contributed by atoms with E-state index in [1.807, 2.05) is 0 Å². The van der Waals surface area contributed by atoms with E-state index in [9.17, 15) is 0 Å². The summed E-state index contributed by atoms with van der Waals surface area (Å²) < 4.78 is 1.54. The molecular weight excluding hydrogens is 252 g/mol. The molecule has 0 saturated heterocycles. The number of hydrogen-bond acceptors (Lipinski definition) is 5. The highest BCUT2D eigenvalue weighted by molar-refractivity contribution is 6.28. The van der Waals surface area contributed by atoms with Crippen molar-refractivity contribution < 1.29 is 0 Å². The highest BCUT2D eigenvalue weighted by Gasteiger charge is 2.11. The van der Waals surface area contributed by atoms with Crippen molar-refractivity contribution in [2.45, 2.75) is 26.8 Å². The molecule has 0 bridgehead atoms. The Balaban J connectivity index is 2.27. The largest absolute Gasteiger partial charge is 0.351 e. The van der Waals surface area contributed by atoms with Gasteiger partial charge in [-0.3, -0.25) is 0 Å². The minimum atomic E-state index is 0.147. The standard InChI is InChI=1S/C11H15ClN6/c1-7(2)8(3)14-10-15-9(12)16-11(17-10)18-6-4-5-13-18/h4-8H,1-3H3,(H,14,15,16,17). The van der Waals surface area contributed by atoms with Gasteiger partial charge in [-0.15, -0.1) is 0 Å². The lowest BCUT2D eigenvalue weighted by Crippen LogP contribution is -2.23. The summed E-state index contributed by atoms with van der Waals surface area (Å²) in [6.45, 7) is 6.31. The van der Waals surface area contributed by atoms with Gasteiger partial charge in [0.15, 0.2) is 0 Å². The Kier molecular flexibility index (Phi) is 3.76. The maximum atomic E-state index is 5.89. The Morgan fingerprint density at radius 1 is 1.22 bits per heavy atom. The molecule has 2 aromatic rings. The maximum absolute atomic E-state index is 5.89. The van der Waals surface area contributed by atoms with Crippen molar-refractivity contribution in [1.29, 1.82) is 0 Å². The number of nitrogens with one attached hydrogen (secondary N) is 1. The Bertz CT molecular complexity index is 510. The molecule has 0 spiro atoms. The van der Waals surface area contributed by atoms with Crippen molar-refractivity contribution in [3.8, 4) is 5.95 Å². The van der Waals surface area contributed by atoms with Crippen LogP contribution in [-0.2, 0) is 0 Å². The highest BCUT2D eigenvalue weighted by atomic mass is 35.5. The lowest BCUT2D eigenvalue weighted by molar-refractivity contribution is 0.555. The smallest absolute Gasteiger partial charge is 0.256 e. The molecule has 2 rings (SSSR count). The molecule has 6 nitrogen and oxygen atoms in total. The van der Waals surface area contributed by atoms with Gasteiger partial charge in [0.05, 0.1) is 0 Å². The molecule has 1 unspecified atom stereocenters. The van der Waals surface area contributed by atoms with E-state index in [0.29, 0.717) is 17.8 Å². The van der Waals surface area contributed by atoms with Gasteiger partial charge in [0, 0.05) is 18.4 Å². The van der Waals surface area contributed by atoms with Gasteiger partial charge in [0.2, 0.25) is 11.2 Å². The molecule has 0 amide bonds. The third-order valence-electron chi connectivity index (χ3n) is 2.66. The fourth-order valence-electron chi connectivity index (χ4n) is 1.26. The lowest BCUT2D eigenvalue weighted by atomic mass is 10.1. The normalized spacial score (nSPS) is 12.7. The molecule has 2 heterocycles. The van der Waals surface area contributed by atoms with Gasteiger partial charge in [-0.05, 0) is 30.5 Å². The molecule has 0 aromatic carbocycles. The van der Waals surface area contributed by atoms with Gasteiger partial charge in [-0.25, -0.2) is 4.68 Å². The minimum absolute atomic E-state index is 0.147. The second-order valence-corrected chi connectivity index (χ2v) is 4.69. The van der Waals surface area contributed by atoms with Crippen LogP contribution < -0.4 is 5.32 Å². The van der Waals surface area contributed by atoms with Gasteiger partial charge >= 0.3 is 0 Å². The van der Waals surface area contributed by atoms with Crippen LogP contribution in [0.2, 0.25) is 5.28 Å². The molecule has 7 heteroatoms. The van der Waals surface area contributed by atoms with E-state index in [-0.39, 0.29) is 11.3 Å². The number of hydrogen-bond donors (Lipinski definition) is 1. The van der Waals surface area contributed by atoms with Crippen LogP contribution in [0, 0.1) is 5.92 Å². The maximum Gasteiger partial charge on any atom is 0.256 e. The van der Waals surface area contributed by atoms with Gasteiger partial charge in [-0.2, -0.15) is 20.1 Å². The minimum Gasteiger partial charge on any atom is -0.351 e. The van der Waals surface area contributed by atoms with Crippen LogP contribution in [-0.4, -0.2) is 30.8 Å². The van der Waals surface area contributed by atoms with Crippen molar-refractivity contribution >= 4 is 17.5 Å². The fraction of sp³-hybridized carbons (Fsp3) is 0.455. The van der Waals surface area contributed by atoms with Crippen LogP contribution in [0.25, 0.3) is 5.95 Å². The Morgan fingerprint density at radius 3 is 2.61 bits per heavy atom. The van der Waals surface area contributed by atoms with Crippen molar-refractivity contribution in [2.24, 2.45) is 5.92 Å². The third kappa shape index (κ3) is 2.95. The first-order chi connectivity index (χ1) is 8.56. The molecule has 0 saturated carbocycles. The zero-order chi connectivity index (χ0) is 13.1. The van der Waals surface area contributed by atoms with E-state index < -0.39 is 0 Å². The zero-order valence-corrected chi connectivity index (χ0v) is 11.3. The Labute approximate surface area is 110 Å². The van der Waals surface area contributed by atoms with Crippen LogP contribution in [0.15, 0.2) is 18.5 Å². The molecule has 0 aliphatic rings. The summed E-state index contributed by atoms with van der Waals surface area (Å²) >= 11 is 5.89. The monoisotopic (exact) mass is 266 g/mol. The topological polar surface area (TPSA) is 68.5 Å². The number of halogens is 1. The summed E-state index contributed by atoms with van der Waals surface area (Å²) in [4.78, 5) is 12.4. The fourth-order valence-corrected chi connectivity index (χ4v) is 1.42. The van der Waals surface area contributed by atoms with Gasteiger partial charge in [0.1, 0.15) is 0 Å². The predicted octanol–water partition coefficient (Wildman–Crippen LogP) is 2.17. The summed E-state index contributed by atoms with van der Waals surface area (Å²) in [5.41, 5.74) is 0. The second kappa shape index (κ2) is 5.30. The van der Waals surface area contributed by atoms with Crippen molar-refractivity contribution in [1.82, 2.24) is 24.7 Å². The van der Waals surface area contributed by atoms with E-state index in [1.165, 1.54) is 0 Å². The van der Waals surface area contributed by atoms with Crippen LogP contribution in [0.1, 0.15) is 20.8 Å². The van der Waals surface area contributed by atoms with Gasteiger partial charge < -0.3 is 5.32 Å². The Hall–Kier alpha value is -1.69. The summed E-state index contributed by atoms with van der Waals surface area (Å²) in [6, 6.07) is 2.04. The number of rotatable bonds is 4. The summed E-state index contributed by atoms with van der Waals surface area (Å²) in [5, 5.41) is 7.40. The molecule has 0 fully saturated rings. The average molecular weight is 267 g/mol. The third-order valence-corrected chi connectivity index (χ3v) is 2.83. The van der Waals surface area contributed by atoms with Crippen LogP contribution in [0.3, 0.4) is 0 Å². The predicted molar refractivity (Wildman–Crippen MR) is 69.9 cm³/mol. The van der Waals surface area contributed by atoms with Crippen molar-refractivity contribution in [3.63, 3.8) is 0 Å². The molecule has 2 aromatic heterocycles. The molecule has 0 radical (unpaired) electrons. The SMILES string of the molecule is CC(C)C(C)Nc1nc(Cl)nc(-n2cccn2)n1. The van der Waals surface area contributed by atoms with Gasteiger partial charge in [0.25, 0.3) is 5.95 Å². The molecule has 0 aliphatic carbocycles. The second-order valence-electron chi connectivity index (χ2n) is 4.36. The van der Waals surface area contributed by atoms with E-state index in [0.717, 1.165) is 0 Å². The van der Waals surface area contributed by atoms with Crippen LogP contribution in [0.5, 0.6) is 0 Å². The summed E-state index contributed by atoms with van der Waals surface area (Å²) in [5.74, 6) is 1.33. The van der Waals surface area contributed by atoms with E-state index >= 15 is 0 Å². The number of nitrogens with zero attached hydrogens (tertiary/aromatic N) is 5. The average Bonchev–Trinajstić information content (AvgIpc) is 2.81. The lowest BCUT2D eigenvalue weighted by Gasteiger charge is -2.17. The van der Waals surface area contributed by atoms with E-state index in [2.05, 4.69) is 46.1 Å². The van der Waals surface area contributed by atoms with Crippen molar-refractivity contribution in [2.75, 3.05) is 5.32 Å². The number of anilines is 1. The molecule has 96 valence electrons. The van der Waals surface area contributed by atoms with Gasteiger partial charge in [-0.1, -0.05) is 13.8 Å². The first-order valence-corrected chi connectivity index (χ1v) is 6.12. The van der Waals surface area contributed by atoms with Crippen molar-refractivity contribution in [3.05, 3.63) is 23.7 Å². The number of aromatic nitrogens is 5. The first-order valence-electron chi connectivity index (χ1n) is 5.74. The Morgan fingerprint density at radius 2 is 2.00 bits per heavy atom. The molecular formula is C11H15ClN6. The quantitative estimate of drug-likeness (QED) is 0.918. The van der Waals surface area contributed by atoms with E-state index in [1.54, 1.807) is 23.1 Å². The highest BCUT2D eigenvalue weighted by Crippen LogP contribution is 2.12. The molecule has 18 heavy (non-hydrogen) atoms. The van der Waals surface area contributed by atoms with Crippen LogP contribution >= 0.6 is 11.6 Å².